The van der Waals surface area contributed by atoms with Crippen molar-refractivity contribution in [3.8, 4) is 11.5 Å². The SMILES string of the molecule is C1=C(c2ccc(Oc3ccccc3)cc2)CC2CCCC1S2. The molecule has 2 bridgehead atoms. The van der Waals surface area contributed by atoms with Gasteiger partial charge in [-0.25, -0.2) is 0 Å². The van der Waals surface area contributed by atoms with Crippen LogP contribution in [0.2, 0.25) is 0 Å². The van der Waals surface area contributed by atoms with Crippen LogP contribution in [0.15, 0.2) is 60.7 Å². The molecule has 0 N–H and O–H groups in total. The first-order valence-corrected chi connectivity index (χ1v) is 9.00. The third-order valence-corrected chi connectivity index (χ3v) is 5.93. The number of allylic oxidation sites excluding steroid dienone is 1. The molecule has 22 heavy (non-hydrogen) atoms. The Labute approximate surface area is 136 Å². The fourth-order valence-corrected chi connectivity index (χ4v) is 4.93. The highest BCUT2D eigenvalue weighted by atomic mass is 32.2. The third kappa shape index (κ3) is 3.07. The van der Waals surface area contributed by atoms with E-state index in [-0.39, 0.29) is 0 Å². The molecule has 0 aliphatic carbocycles. The summed E-state index contributed by atoms with van der Waals surface area (Å²) in [6.07, 6.45) is 7.84. The Hall–Kier alpha value is -1.67. The van der Waals surface area contributed by atoms with Gasteiger partial charge in [-0.1, -0.05) is 42.8 Å². The molecule has 2 atom stereocenters. The Bertz CT molecular complexity index is 660. The van der Waals surface area contributed by atoms with Gasteiger partial charge >= 0.3 is 0 Å². The number of hydrogen-bond acceptors (Lipinski definition) is 2. The van der Waals surface area contributed by atoms with Gasteiger partial charge in [-0.15, -0.1) is 0 Å². The lowest BCUT2D eigenvalue weighted by Crippen LogP contribution is -2.21. The van der Waals surface area contributed by atoms with Gasteiger partial charge < -0.3 is 4.74 Å². The highest BCUT2D eigenvalue weighted by Gasteiger charge is 2.27. The van der Waals surface area contributed by atoms with Crippen molar-refractivity contribution >= 4 is 17.3 Å². The van der Waals surface area contributed by atoms with E-state index in [1.54, 1.807) is 0 Å². The summed E-state index contributed by atoms with van der Waals surface area (Å²) >= 11 is 2.18. The standard InChI is InChI=1S/C20H20OS/c1-2-5-17(6-3-1)21-18-11-9-15(10-12-18)16-13-19-7-4-8-20(14-16)22-19/h1-3,5-6,9-13,19-20H,4,7-8,14H2. The Morgan fingerprint density at radius 3 is 2.41 bits per heavy atom. The van der Waals surface area contributed by atoms with Crippen LogP contribution < -0.4 is 4.74 Å². The maximum absolute atomic E-state index is 5.87. The summed E-state index contributed by atoms with van der Waals surface area (Å²) in [7, 11) is 0. The zero-order valence-corrected chi connectivity index (χ0v) is 13.4. The predicted octanol–water partition coefficient (Wildman–Crippen LogP) is 5.92. The summed E-state index contributed by atoms with van der Waals surface area (Å²) in [5, 5.41) is 1.57. The average molecular weight is 308 g/mol. The van der Waals surface area contributed by atoms with Gasteiger partial charge in [-0.3, -0.25) is 0 Å². The Kier molecular flexibility index (Phi) is 3.94. The quantitative estimate of drug-likeness (QED) is 0.696. The van der Waals surface area contributed by atoms with Crippen LogP contribution >= 0.6 is 11.8 Å². The van der Waals surface area contributed by atoms with Crippen molar-refractivity contribution in [1.82, 2.24) is 0 Å². The molecule has 2 heteroatoms. The molecule has 0 spiro atoms. The van der Waals surface area contributed by atoms with Crippen LogP contribution in [0.1, 0.15) is 31.2 Å². The van der Waals surface area contributed by atoms with Crippen LogP contribution in [0.25, 0.3) is 5.57 Å². The smallest absolute Gasteiger partial charge is 0.127 e. The van der Waals surface area contributed by atoms with E-state index < -0.39 is 0 Å². The second-order valence-corrected chi connectivity index (χ2v) is 7.61. The lowest BCUT2D eigenvalue weighted by molar-refractivity contribution is 0.482. The molecule has 2 aromatic rings. The summed E-state index contributed by atoms with van der Waals surface area (Å²) in [6.45, 7) is 0. The van der Waals surface area contributed by atoms with Crippen LogP contribution in [0.3, 0.4) is 0 Å². The summed E-state index contributed by atoms with van der Waals surface area (Å²) < 4.78 is 5.87. The van der Waals surface area contributed by atoms with Gasteiger partial charge in [0, 0.05) is 10.5 Å². The predicted molar refractivity (Wildman–Crippen MR) is 94.6 cm³/mol. The van der Waals surface area contributed by atoms with Crippen molar-refractivity contribution in [2.24, 2.45) is 0 Å². The first kappa shape index (κ1) is 14.0. The van der Waals surface area contributed by atoms with Crippen LogP contribution in [0, 0.1) is 0 Å². The van der Waals surface area contributed by atoms with Gasteiger partial charge in [-0.2, -0.15) is 11.8 Å². The van der Waals surface area contributed by atoms with Crippen LogP contribution in [0.5, 0.6) is 11.5 Å². The first-order valence-electron chi connectivity index (χ1n) is 8.06. The second kappa shape index (κ2) is 6.21. The highest BCUT2D eigenvalue weighted by molar-refractivity contribution is 8.00. The van der Waals surface area contributed by atoms with Crippen molar-refractivity contribution in [3.05, 3.63) is 66.2 Å². The van der Waals surface area contributed by atoms with E-state index >= 15 is 0 Å². The molecule has 1 saturated heterocycles. The van der Waals surface area contributed by atoms with Crippen molar-refractivity contribution in [2.45, 2.75) is 36.2 Å². The summed E-state index contributed by atoms with van der Waals surface area (Å²) in [4.78, 5) is 0. The number of hydrogen-bond donors (Lipinski definition) is 0. The Morgan fingerprint density at radius 2 is 1.64 bits per heavy atom. The van der Waals surface area contributed by atoms with Crippen molar-refractivity contribution in [1.29, 1.82) is 0 Å². The molecule has 1 fully saturated rings. The molecule has 0 saturated carbocycles. The molecule has 2 aliphatic heterocycles. The van der Waals surface area contributed by atoms with Gasteiger partial charge in [0.2, 0.25) is 0 Å². The van der Waals surface area contributed by atoms with Crippen molar-refractivity contribution < 1.29 is 4.74 Å². The normalized spacial score (nSPS) is 23.7. The summed E-state index contributed by atoms with van der Waals surface area (Å²) in [5.74, 6) is 1.79. The van der Waals surface area contributed by atoms with Gasteiger partial charge in [0.1, 0.15) is 11.5 Å². The zero-order valence-electron chi connectivity index (χ0n) is 12.6. The monoisotopic (exact) mass is 308 g/mol. The largest absolute Gasteiger partial charge is 0.457 e. The van der Waals surface area contributed by atoms with E-state index in [0.29, 0.717) is 0 Å². The van der Waals surface area contributed by atoms with Crippen LogP contribution in [-0.2, 0) is 0 Å². The molecule has 2 unspecified atom stereocenters. The Balaban J connectivity index is 1.51. The molecule has 2 aliphatic rings. The average Bonchev–Trinajstić information content (AvgIpc) is 2.56. The van der Waals surface area contributed by atoms with Gasteiger partial charge in [0.25, 0.3) is 0 Å². The number of rotatable bonds is 3. The van der Waals surface area contributed by atoms with Crippen molar-refractivity contribution in [3.63, 3.8) is 0 Å². The maximum Gasteiger partial charge on any atom is 0.127 e. The molecular formula is C20H20OS. The topological polar surface area (TPSA) is 9.23 Å². The number of thioether (sulfide) groups is 1. The minimum atomic E-state index is 0.739. The molecule has 0 amide bonds. The molecule has 4 rings (SSSR count). The van der Waals surface area contributed by atoms with E-state index in [1.165, 1.54) is 36.8 Å². The zero-order chi connectivity index (χ0) is 14.8. The van der Waals surface area contributed by atoms with Gasteiger partial charge in [-0.05, 0) is 54.7 Å². The Morgan fingerprint density at radius 1 is 0.864 bits per heavy atom. The lowest BCUT2D eigenvalue weighted by Gasteiger charge is -2.33. The van der Waals surface area contributed by atoms with Gasteiger partial charge in [0.05, 0.1) is 0 Å². The number of benzene rings is 2. The molecule has 112 valence electrons. The number of ether oxygens (including phenoxy) is 1. The van der Waals surface area contributed by atoms with E-state index in [1.807, 2.05) is 30.3 Å². The van der Waals surface area contributed by atoms with E-state index in [9.17, 15) is 0 Å². The number of para-hydroxylation sites is 1. The molecule has 0 radical (unpaired) electrons. The molecular weight excluding hydrogens is 288 g/mol. The fourth-order valence-electron chi connectivity index (χ4n) is 3.32. The van der Waals surface area contributed by atoms with E-state index in [2.05, 4.69) is 42.1 Å². The third-order valence-electron chi connectivity index (χ3n) is 4.42. The lowest BCUT2D eigenvalue weighted by atomic mass is 9.93. The summed E-state index contributed by atoms with van der Waals surface area (Å²) in [6, 6.07) is 18.5. The van der Waals surface area contributed by atoms with Crippen LogP contribution in [-0.4, -0.2) is 10.5 Å². The minimum absolute atomic E-state index is 0.739. The number of fused-ring (bicyclic) bond motifs is 2. The molecule has 2 heterocycles. The molecule has 2 aromatic carbocycles. The summed E-state index contributed by atoms with van der Waals surface area (Å²) in [5.41, 5.74) is 2.89. The molecule has 1 nitrogen and oxygen atoms in total. The van der Waals surface area contributed by atoms with Crippen LogP contribution in [0.4, 0.5) is 0 Å². The maximum atomic E-state index is 5.87. The van der Waals surface area contributed by atoms with Gasteiger partial charge in [0.15, 0.2) is 0 Å². The van der Waals surface area contributed by atoms with E-state index in [0.717, 1.165) is 22.0 Å². The second-order valence-electron chi connectivity index (χ2n) is 6.06. The fraction of sp³-hybridized carbons (Fsp3) is 0.300. The first-order chi connectivity index (χ1) is 10.9. The molecule has 0 aromatic heterocycles. The van der Waals surface area contributed by atoms with E-state index in [4.69, 9.17) is 4.74 Å². The minimum Gasteiger partial charge on any atom is -0.457 e. The van der Waals surface area contributed by atoms with Crippen molar-refractivity contribution in [2.75, 3.05) is 0 Å². The highest BCUT2D eigenvalue weighted by Crippen LogP contribution is 2.43.